The number of hydrazine groups is 1. The van der Waals surface area contributed by atoms with Crippen LogP contribution < -0.4 is 11.3 Å². The molecule has 3 N–H and O–H groups in total. The van der Waals surface area contributed by atoms with E-state index in [1.165, 1.54) is 10.9 Å². The van der Waals surface area contributed by atoms with Gasteiger partial charge >= 0.3 is 0 Å². The van der Waals surface area contributed by atoms with Crippen LogP contribution in [0.2, 0.25) is 0 Å². The smallest absolute Gasteiger partial charge is 0.143 e. The topological polar surface area (TPSA) is 50.9 Å². The Labute approximate surface area is 89.3 Å². The van der Waals surface area contributed by atoms with E-state index in [2.05, 4.69) is 42.5 Å². The minimum atomic E-state index is 0.772. The lowest BCUT2D eigenvalue weighted by Gasteiger charge is -2.08. The average molecular weight is 201 g/mol. The quantitative estimate of drug-likeness (QED) is 0.579. The van der Waals surface area contributed by atoms with Gasteiger partial charge in [-0.2, -0.15) is 0 Å². The first-order valence-electron chi connectivity index (χ1n) is 5.11. The van der Waals surface area contributed by atoms with Crippen molar-refractivity contribution in [1.29, 1.82) is 0 Å². The molecule has 15 heavy (non-hydrogen) atoms. The first-order valence-corrected chi connectivity index (χ1v) is 5.11. The van der Waals surface area contributed by atoms with Crippen LogP contribution >= 0.6 is 0 Å². The third kappa shape index (κ3) is 1.78. The summed E-state index contributed by atoms with van der Waals surface area (Å²) in [6.45, 7) is 4.18. The lowest BCUT2D eigenvalue weighted by atomic mass is 10.1. The molecule has 78 valence electrons. The van der Waals surface area contributed by atoms with Crippen molar-refractivity contribution in [3.05, 3.63) is 35.4 Å². The highest BCUT2D eigenvalue weighted by Crippen LogP contribution is 2.21. The Balaban J connectivity index is 2.69. The number of rotatable bonds is 2. The van der Waals surface area contributed by atoms with Gasteiger partial charge in [-0.25, -0.2) is 10.8 Å². The van der Waals surface area contributed by atoms with Gasteiger partial charge < -0.3 is 5.43 Å². The normalized spacial score (nSPS) is 10.6. The molecule has 0 aliphatic heterocycles. The zero-order valence-corrected chi connectivity index (χ0v) is 9.04. The van der Waals surface area contributed by atoms with Crippen LogP contribution in [-0.4, -0.2) is 4.98 Å². The summed E-state index contributed by atoms with van der Waals surface area (Å²) in [6, 6.07) is 8.36. The number of nitrogens with zero attached hydrogens (tertiary/aromatic N) is 1. The van der Waals surface area contributed by atoms with E-state index in [9.17, 15) is 0 Å². The van der Waals surface area contributed by atoms with Crippen molar-refractivity contribution in [2.24, 2.45) is 5.84 Å². The number of aromatic nitrogens is 1. The first kappa shape index (κ1) is 9.93. The number of hydrogen-bond donors (Lipinski definition) is 2. The highest BCUT2D eigenvalue weighted by Gasteiger charge is 2.03. The third-order valence-electron chi connectivity index (χ3n) is 2.57. The summed E-state index contributed by atoms with van der Waals surface area (Å²) < 4.78 is 0. The number of aryl methyl sites for hydroxylation is 2. The molecule has 0 saturated carbocycles. The summed E-state index contributed by atoms with van der Waals surface area (Å²) in [4.78, 5) is 4.47. The molecule has 3 nitrogen and oxygen atoms in total. The zero-order chi connectivity index (χ0) is 10.8. The molecular weight excluding hydrogens is 186 g/mol. The van der Waals surface area contributed by atoms with Crippen LogP contribution in [0.1, 0.15) is 18.1 Å². The Kier molecular flexibility index (Phi) is 2.56. The van der Waals surface area contributed by atoms with Gasteiger partial charge in [0, 0.05) is 5.39 Å². The monoisotopic (exact) mass is 201 g/mol. The maximum absolute atomic E-state index is 5.43. The number of anilines is 1. The van der Waals surface area contributed by atoms with Gasteiger partial charge in [-0.1, -0.05) is 18.6 Å². The highest BCUT2D eigenvalue weighted by atomic mass is 15.2. The lowest BCUT2D eigenvalue weighted by Crippen LogP contribution is -2.11. The van der Waals surface area contributed by atoms with Crippen molar-refractivity contribution >= 4 is 16.7 Å². The Morgan fingerprint density at radius 3 is 2.80 bits per heavy atom. The van der Waals surface area contributed by atoms with Crippen LogP contribution in [0.25, 0.3) is 10.9 Å². The van der Waals surface area contributed by atoms with Gasteiger partial charge in [-0.05, 0) is 37.1 Å². The Hall–Kier alpha value is -1.61. The van der Waals surface area contributed by atoms with Crippen molar-refractivity contribution in [3.63, 3.8) is 0 Å². The molecule has 2 rings (SSSR count). The predicted molar refractivity (Wildman–Crippen MR) is 63.7 cm³/mol. The highest BCUT2D eigenvalue weighted by molar-refractivity contribution is 5.82. The van der Waals surface area contributed by atoms with Crippen LogP contribution in [0.3, 0.4) is 0 Å². The summed E-state index contributed by atoms with van der Waals surface area (Å²) in [5, 5.41) is 1.17. The molecule has 0 aliphatic rings. The van der Waals surface area contributed by atoms with Crippen molar-refractivity contribution in [1.82, 2.24) is 4.98 Å². The second-order valence-corrected chi connectivity index (χ2v) is 3.69. The molecule has 0 atom stereocenters. The molecule has 3 heteroatoms. The SMILES string of the molecule is CCc1cc2cc(C)ccc2nc1NN. The van der Waals surface area contributed by atoms with Crippen LogP contribution in [0, 0.1) is 6.92 Å². The molecule has 0 fully saturated rings. The van der Waals surface area contributed by atoms with Gasteiger partial charge in [0.15, 0.2) is 0 Å². The standard InChI is InChI=1S/C12H15N3/c1-3-9-7-10-6-8(2)4-5-11(10)14-12(9)15-13/h4-7H,3,13H2,1-2H3,(H,14,15). The van der Waals surface area contributed by atoms with Crippen LogP contribution in [0.15, 0.2) is 24.3 Å². The molecule has 0 saturated heterocycles. The van der Waals surface area contributed by atoms with E-state index >= 15 is 0 Å². The maximum Gasteiger partial charge on any atom is 0.143 e. The summed E-state index contributed by atoms with van der Waals surface area (Å²) in [5.41, 5.74) is 6.02. The third-order valence-corrected chi connectivity index (χ3v) is 2.57. The van der Waals surface area contributed by atoms with E-state index in [1.54, 1.807) is 0 Å². The molecule has 0 unspecified atom stereocenters. The predicted octanol–water partition coefficient (Wildman–Crippen LogP) is 2.39. The number of nitrogens with one attached hydrogen (secondary N) is 1. The molecule has 1 aromatic carbocycles. The van der Waals surface area contributed by atoms with Crippen molar-refractivity contribution in [3.8, 4) is 0 Å². The van der Waals surface area contributed by atoms with E-state index in [0.717, 1.165) is 23.3 Å². The van der Waals surface area contributed by atoms with Gasteiger partial charge in [0.1, 0.15) is 5.82 Å². The molecule has 0 radical (unpaired) electrons. The molecule has 2 aromatic rings. The Bertz CT molecular complexity index is 491. The number of nitrogen functional groups attached to an aromatic ring is 1. The zero-order valence-electron chi connectivity index (χ0n) is 9.04. The summed E-state index contributed by atoms with van der Waals surface area (Å²) in [7, 11) is 0. The second-order valence-electron chi connectivity index (χ2n) is 3.69. The van der Waals surface area contributed by atoms with Crippen LogP contribution in [0.4, 0.5) is 5.82 Å². The van der Waals surface area contributed by atoms with E-state index in [1.807, 2.05) is 6.07 Å². The number of pyridine rings is 1. The minimum absolute atomic E-state index is 0.772. The van der Waals surface area contributed by atoms with Crippen molar-refractivity contribution in [2.75, 3.05) is 5.43 Å². The summed E-state index contributed by atoms with van der Waals surface area (Å²) in [5.74, 6) is 6.21. The van der Waals surface area contributed by atoms with Gasteiger partial charge in [-0.15, -0.1) is 0 Å². The number of hydrogen-bond acceptors (Lipinski definition) is 3. The Morgan fingerprint density at radius 1 is 1.33 bits per heavy atom. The molecule has 0 aliphatic carbocycles. The van der Waals surface area contributed by atoms with E-state index < -0.39 is 0 Å². The first-order chi connectivity index (χ1) is 7.24. The lowest BCUT2D eigenvalue weighted by molar-refractivity contribution is 1.10. The number of nitrogens with two attached hydrogens (primary N) is 1. The fourth-order valence-corrected chi connectivity index (χ4v) is 1.73. The molecule has 0 amide bonds. The fraction of sp³-hybridized carbons (Fsp3) is 0.250. The summed E-state index contributed by atoms with van der Waals surface area (Å²) in [6.07, 6.45) is 0.927. The van der Waals surface area contributed by atoms with Crippen molar-refractivity contribution in [2.45, 2.75) is 20.3 Å². The van der Waals surface area contributed by atoms with Gasteiger partial charge in [-0.3, -0.25) is 0 Å². The van der Waals surface area contributed by atoms with Crippen LogP contribution in [-0.2, 0) is 6.42 Å². The maximum atomic E-state index is 5.43. The van der Waals surface area contributed by atoms with E-state index in [-0.39, 0.29) is 0 Å². The van der Waals surface area contributed by atoms with Gasteiger partial charge in [0.05, 0.1) is 5.52 Å². The number of benzene rings is 1. The van der Waals surface area contributed by atoms with Crippen LogP contribution in [0.5, 0.6) is 0 Å². The molecular formula is C12H15N3. The second kappa shape index (κ2) is 3.87. The molecule has 1 aromatic heterocycles. The largest absolute Gasteiger partial charge is 0.308 e. The fourth-order valence-electron chi connectivity index (χ4n) is 1.73. The number of fused-ring (bicyclic) bond motifs is 1. The molecule has 0 spiro atoms. The molecule has 0 bridgehead atoms. The van der Waals surface area contributed by atoms with Gasteiger partial charge in [0.25, 0.3) is 0 Å². The minimum Gasteiger partial charge on any atom is -0.308 e. The van der Waals surface area contributed by atoms with E-state index in [0.29, 0.717) is 0 Å². The van der Waals surface area contributed by atoms with Crippen molar-refractivity contribution < 1.29 is 0 Å². The average Bonchev–Trinajstić information content (AvgIpc) is 2.27. The van der Waals surface area contributed by atoms with Gasteiger partial charge in [0.2, 0.25) is 0 Å². The van der Waals surface area contributed by atoms with E-state index in [4.69, 9.17) is 5.84 Å². The summed E-state index contributed by atoms with van der Waals surface area (Å²) >= 11 is 0. The Morgan fingerprint density at radius 2 is 2.13 bits per heavy atom. The molecule has 1 heterocycles.